The van der Waals surface area contributed by atoms with Gasteiger partial charge in [-0.05, 0) is 57.8 Å². The number of hydrogen-bond donors (Lipinski definition) is 0. The number of fused-ring (bicyclic) bond motifs is 3. The maximum atomic E-state index is 9.53. The van der Waals surface area contributed by atoms with Crippen LogP contribution in [0.2, 0.25) is 19.6 Å². The number of aryl methyl sites for hydroxylation is 2. The number of aromatic nitrogens is 1. The van der Waals surface area contributed by atoms with Crippen LogP contribution in [0.25, 0.3) is 55.4 Å². The first-order chi connectivity index (χ1) is 20.7. The summed E-state index contributed by atoms with van der Waals surface area (Å²) in [5.41, 5.74) is 11.0. The smallest absolute Gasteiger partial charge is 0.216 e. The lowest BCUT2D eigenvalue weighted by atomic mass is 9.79. The highest BCUT2D eigenvalue weighted by atomic mass is 28.3. The molecule has 0 spiro atoms. The zero-order valence-corrected chi connectivity index (χ0v) is 27.1. The van der Waals surface area contributed by atoms with E-state index in [1.165, 1.54) is 16.7 Å². The van der Waals surface area contributed by atoms with Crippen molar-refractivity contribution in [2.24, 2.45) is 7.05 Å². The summed E-state index contributed by atoms with van der Waals surface area (Å²) in [5.74, 6) is -1.47. The van der Waals surface area contributed by atoms with E-state index >= 15 is 0 Å². The molecule has 6 rings (SSSR count). The Morgan fingerprint density at radius 2 is 1.50 bits per heavy atom. The first-order valence-corrected chi connectivity index (χ1v) is 18.3. The summed E-state index contributed by atoms with van der Waals surface area (Å²) in [4.78, 5) is 0. The van der Waals surface area contributed by atoms with Gasteiger partial charge in [-0.1, -0.05) is 119 Å². The summed E-state index contributed by atoms with van der Waals surface area (Å²) < 4.78 is 27.7. The van der Waals surface area contributed by atoms with E-state index < -0.39 is 14.1 Å². The van der Waals surface area contributed by atoms with Crippen molar-refractivity contribution in [3.05, 3.63) is 114 Å². The number of hydrogen-bond acceptors (Lipinski definition) is 1. The van der Waals surface area contributed by atoms with Crippen molar-refractivity contribution in [1.82, 2.24) is 0 Å². The van der Waals surface area contributed by atoms with E-state index in [4.69, 9.17) is 4.42 Å². The minimum atomic E-state index is -2.31. The Hall–Kier alpha value is -3.95. The topological polar surface area (TPSA) is 17.0 Å². The van der Waals surface area contributed by atoms with E-state index in [2.05, 4.69) is 125 Å². The van der Waals surface area contributed by atoms with Crippen LogP contribution in [0.3, 0.4) is 0 Å². The molecular weight excluding hydrogens is 527 g/mol. The van der Waals surface area contributed by atoms with E-state index in [-0.39, 0.29) is 5.41 Å². The molecule has 0 aliphatic carbocycles. The molecule has 0 fully saturated rings. The van der Waals surface area contributed by atoms with Crippen LogP contribution in [-0.2, 0) is 18.5 Å². The molecule has 2 nitrogen and oxygen atoms in total. The second kappa shape index (κ2) is 10.4. The van der Waals surface area contributed by atoms with Gasteiger partial charge in [-0.2, -0.15) is 0 Å². The molecule has 0 bridgehead atoms. The minimum Gasteiger partial charge on any atom is -0.455 e. The number of furan rings is 1. The summed E-state index contributed by atoms with van der Waals surface area (Å²) in [6.07, 6.45) is 2.04. The SMILES string of the molecule is [2H]C([2H])(c1c[n+](C)c(-c2c(C)ccc3c2oc2ccccc23)cc1-c1ccc(-c2ccccc2)cc1C(C)(C)C)[Si](C)(C)C. The molecule has 2 aromatic heterocycles. The lowest BCUT2D eigenvalue weighted by molar-refractivity contribution is -0.660. The number of rotatable bonds is 5. The van der Waals surface area contributed by atoms with Gasteiger partial charge in [0.15, 0.2) is 6.20 Å². The van der Waals surface area contributed by atoms with Gasteiger partial charge in [-0.25, -0.2) is 4.57 Å². The van der Waals surface area contributed by atoms with E-state index in [0.717, 1.165) is 55.4 Å². The van der Waals surface area contributed by atoms with Gasteiger partial charge >= 0.3 is 0 Å². The van der Waals surface area contributed by atoms with Crippen LogP contribution < -0.4 is 4.57 Å². The number of pyridine rings is 1. The molecule has 42 heavy (non-hydrogen) atoms. The van der Waals surface area contributed by atoms with Gasteiger partial charge < -0.3 is 4.42 Å². The largest absolute Gasteiger partial charge is 0.455 e. The molecule has 0 aliphatic rings. The predicted molar refractivity (Wildman–Crippen MR) is 182 cm³/mol. The monoisotopic (exact) mass is 570 g/mol. The first-order valence-electron chi connectivity index (χ1n) is 15.8. The van der Waals surface area contributed by atoms with Gasteiger partial charge in [0.25, 0.3) is 0 Å². The standard InChI is InChI=1S/C39H42NOSi/c1-26-18-20-32-31-16-12-13-17-36(31)41-38(32)37(26)35-23-33(29(24-40(35)5)25-42(6,7)8)30-21-19-28(22-34(30)39(2,3)4)27-14-10-9-11-15-27/h9-24H,25H2,1-8H3/q+1/i25D2. The Morgan fingerprint density at radius 1 is 0.786 bits per heavy atom. The summed E-state index contributed by atoms with van der Waals surface area (Å²) in [5, 5.41) is 2.19. The Labute approximate surface area is 254 Å². The minimum absolute atomic E-state index is 0.171. The molecule has 6 aromatic rings. The number of nitrogens with zero attached hydrogens (tertiary/aromatic N) is 1. The second-order valence-electron chi connectivity index (χ2n) is 13.6. The Bertz CT molecular complexity index is 2030. The molecular formula is C39H42NOSi+. The third-order valence-corrected chi connectivity index (χ3v) is 9.04. The van der Waals surface area contributed by atoms with Crippen LogP contribution in [0.4, 0.5) is 0 Å². The van der Waals surface area contributed by atoms with E-state index in [1.54, 1.807) is 0 Å². The normalized spacial score (nSPS) is 13.4. The molecule has 0 unspecified atom stereocenters. The molecule has 0 amide bonds. The van der Waals surface area contributed by atoms with Crippen LogP contribution >= 0.6 is 0 Å². The van der Waals surface area contributed by atoms with Crippen LogP contribution in [0.1, 0.15) is 40.2 Å². The van der Waals surface area contributed by atoms with Crippen LogP contribution in [0.15, 0.2) is 102 Å². The number of para-hydroxylation sites is 1. The van der Waals surface area contributed by atoms with Crippen molar-refractivity contribution in [3.8, 4) is 33.5 Å². The average Bonchev–Trinajstić information content (AvgIpc) is 3.35. The Kier molecular flexibility index (Phi) is 6.37. The number of benzene rings is 4. The quantitative estimate of drug-likeness (QED) is 0.149. The van der Waals surface area contributed by atoms with Crippen LogP contribution in [0, 0.1) is 6.92 Å². The van der Waals surface area contributed by atoms with E-state index in [0.29, 0.717) is 0 Å². The molecule has 4 aromatic carbocycles. The molecule has 0 atom stereocenters. The zero-order chi connectivity index (χ0) is 31.6. The van der Waals surface area contributed by atoms with E-state index in [1.807, 2.05) is 31.4 Å². The molecule has 0 saturated heterocycles. The summed E-state index contributed by atoms with van der Waals surface area (Å²) >= 11 is 0. The molecule has 212 valence electrons. The molecule has 0 aliphatic heterocycles. The van der Waals surface area contributed by atoms with Crippen molar-refractivity contribution in [2.75, 3.05) is 0 Å². The van der Waals surface area contributed by atoms with Gasteiger partial charge in [-0.15, -0.1) is 0 Å². The van der Waals surface area contributed by atoms with Crippen LogP contribution in [-0.4, -0.2) is 8.07 Å². The molecule has 2 heterocycles. The van der Waals surface area contributed by atoms with Gasteiger partial charge in [0.1, 0.15) is 18.2 Å². The van der Waals surface area contributed by atoms with Crippen molar-refractivity contribution in [2.45, 2.75) is 58.7 Å². The third kappa shape index (κ3) is 5.23. The van der Waals surface area contributed by atoms with Gasteiger partial charge in [0, 0.05) is 33.2 Å². The maximum absolute atomic E-state index is 9.53. The van der Waals surface area contributed by atoms with Gasteiger partial charge in [0.2, 0.25) is 5.69 Å². The molecule has 3 heteroatoms. The molecule has 0 N–H and O–H groups in total. The molecule has 0 radical (unpaired) electrons. The highest BCUT2D eigenvalue weighted by molar-refractivity contribution is 6.75. The van der Waals surface area contributed by atoms with Gasteiger partial charge in [-0.3, -0.25) is 0 Å². The Morgan fingerprint density at radius 3 is 2.21 bits per heavy atom. The fourth-order valence-corrected chi connectivity index (χ4v) is 7.05. The van der Waals surface area contributed by atoms with Crippen molar-refractivity contribution < 1.29 is 11.7 Å². The van der Waals surface area contributed by atoms with E-state index in [9.17, 15) is 2.74 Å². The van der Waals surface area contributed by atoms with Crippen molar-refractivity contribution in [3.63, 3.8) is 0 Å². The summed E-state index contributed by atoms with van der Waals surface area (Å²) in [6.45, 7) is 15.2. The first kappa shape index (κ1) is 25.7. The lowest BCUT2D eigenvalue weighted by Crippen LogP contribution is -2.34. The summed E-state index contributed by atoms with van der Waals surface area (Å²) in [6, 6.07) is 31.9. The van der Waals surface area contributed by atoms with Gasteiger partial charge in [0.05, 0.1) is 5.56 Å². The Balaban J connectivity index is 1.70. The zero-order valence-electron chi connectivity index (χ0n) is 28.1. The second-order valence-corrected chi connectivity index (χ2v) is 18.3. The lowest BCUT2D eigenvalue weighted by Gasteiger charge is -2.26. The van der Waals surface area contributed by atoms with Crippen molar-refractivity contribution in [1.29, 1.82) is 0 Å². The van der Waals surface area contributed by atoms with Crippen LogP contribution in [0.5, 0.6) is 0 Å². The highest BCUT2D eigenvalue weighted by Gasteiger charge is 2.28. The maximum Gasteiger partial charge on any atom is 0.216 e. The predicted octanol–water partition coefficient (Wildman–Crippen LogP) is 10.4. The third-order valence-electron chi connectivity index (χ3n) is 8.02. The fourth-order valence-electron chi connectivity index (χ4n) is 6.04. The van der Waals surface area contributed by atoms with Crippen molar-refractivity contribution >= 4 is 30.0 Å². The summed E-state index contributed by atoms with van der Waals surface area (Å²) in [7, 11) is -0.277. The highest BCUT2D eigenvalue weighted by Crippen LogP contribution is 2.41. The average molecular weight is 571 g/mol. The fraction of sp³-hybridized carbons (Fsp3) is 0.256. The molecule has 0 saturated carbocycles.